The van der Waals surface area contributed by atoms with Crippen LogP contribution in [-0.2, 0) is 9.53 Å². The largest absolute Gasteiger partial charge is 0.871 e. The number of hydrogen-bond acceptors (Lipinski definition) is 7. The second-order valence-electron chi connectivity index (χ2n) is 13.0. The van der Waals surface area contributed by atoms with Gasteiger partial charge in [-0.05, 0) is 123 Å². The molecule has 1 aliphatic carbocycles. The van der Waals surface area contributed by atoms with Crippen molar-refractivity contribution in [2.75, 3.05) is 28.4 Å². The van der Waals surface area contributed by atoms with Gasteiger partial charge >= 0.3 is 11.5 Å². The second-order valence-corrected chi connectivity index (χ2v) is 14.6. The van der Waals surface area contributed by atoms with E-state index in [-0.39, 0.29) is 22.7 Å². The lowest BCUT2D eigenvalue weighted by atomic mass is 9.85. The van der Waals surface area contributed by atoms with Crippen LogP contribution in [0.25, 0.3) is 40.2 Å². The molecule has 1 aliphatic heterocycles. The van der Waals surface area contributed by atoms with Crippen molar-refractivity contribution in [3.05, 3.63) is 162 Å². The number of ketones is 1. The molecule has 56 heavy (non-hydrogen) atoms. The molecule has 0 N–H and O–H groups in total. The molecule has 0 radical (unpaired) electrons. The predicted octanol–water partition coefficient (Wildman–Crippen LogP) is 10.7. The molecule has 0 unspecified atom stereocenters. The molecular formula is C46H36Br2O8. The molecule has 0 saturated carbocycles. The zero-order chi connectivity index (χ0) is 39.7. The molecule has 282 valence electrons. The second kappa shape index (κ2) is 16.1. The predicted molar refractivity (Wildman–Crippen MR) is 223 cm³/mol. The minimum Gasteiger partial charge on any atom is -0.871 e. The molecule has 2 heterocycles. The average molecular weight is 877 g/mol. The van der Waals surface area contributed by atoms with Crippen molar-refractivity contribution in [2.45, 2.75) is 13.8 Å². The van der Waals surface area contributed by atoms with Crippen molar-refractivity contribution in [3.8, 4) is 45.6 Å². The molecule has 0 saturated heterocycles. The number of carbonyl (C=O) groups is 1. The van der Waals surface area contributed by atoms with E-state index in [1.807, 2.05) is 98.8 Å². The van der Waals surface area contributed by atoms with Crippen LogP contribution in [0, 0.1) is 13.8 Å². The van der Waals surface area contributed by atoms with Gasteiger partial charge in [-0.2, -0.15) is 0 Å². The van der Waals surface area contributed by atoms with E-state index in [2.05, 4.69) is 31.9 Å². The Hall–Kier alpha value is -5.84. The van der Waals surface area contributed by atoms with E-state index in [1.54, 1.807) is 52.7 Å². The van der Waals surface area contributed by atoms with Crippen LogP contribution in [0.4, 0.5) is 0 Å². The number of halogens is 2. The van der Waals surface area contributed by atoms with Crippen LogP contribution in [-0.4, -0.2) is 34.2 Å². The molecule has 0 fully saturated rings. The maximum absolute atomic E-state index is 13.8. The average Bonchev–Trinajstić information content (AvgIpc) is 3.22. The summed E-state index contributed by atoms with van der Waals surface area (Å²) in [6, 6.07) is 26.6. The van der Waals surface area contributed by atoms with Crippen LogP contribution in [0.5, 0.6) is 23.0 Å². The molecule has 2 aliphatic rings. The van der Waals surface area contributed by atoms with Crippen LogP contribution >= 0.6 is 31.9 Å². The van der Waals surface area contributed by atoms with Gasteiger partial charge in [0.05, 0.1) is 51.7 Å². The fraction of sp³-hybridized carbons (Fsp3) is 0.130. The normalized spacial score (nSPS) is 15.2. The highest BCUT2D eigenvalue weighted by Crippen LogP contribution is 2.43. The summed E-state index contributed by atoms with van der Waals surface area (Å²) in [5.41, 5.74) is 6.45. The molecular weight excluding hydrogens is 840 g/mol. The summed E-state index contributed by atoms with van der Waals surface area (Å²) in [4.78, 5) is 13.8. The number of rotatable bonds is 10. The topological polar surface area (TPSA) is 97.6 Å². The third-order valence-corrected chi connectivity index (χ3v) is 11.1. The Morgan fingerprint density at radius 2 is 1.14 bits per heavy atom. The van der Waals surface area contributed by atoms with Gasteiger partial charge in [0.1, 0.15) is 43.5 Å². The molecule has 10 heteroatoms. The van der Waals surface area contributed by atoms with E-state index in [0.29, 0.717) is 77.2 Å². The fourth-order valence-corrected chi connectivity index (χ4v) is 7.62. The van der Waals surface area contributed by atoms with Crippen molar-refractivity contribution < 1.29 is 38.0 Å². The minimum atomic E-state index is -0.367. The van der Waals surface area contributed by atoms with Gasteiger partial charge in [0, 0.05) is 22.3 Å². The van der Waals surface area contributed by atoms with Gasteiger partial charge in [0.25, 0.3) is 0 Å². The summed E-state index contributed by atoms with van der Waals surface area (Å²) in [6.07, 6.45) is 6.84. The zero-order valence-electron chi connectivity index (χ0n) is 31.4. The van der Waals surface area contributed by atoms with E-state index in [1.165, 1.54) is 0 Å². The monoisotopic (exact) mass is 874 g/mol. The van der Waals surface area contributed by atoms with Crippen molar-refractivity contribution >= 4 is 55.2 Å². The first-order valence-corrected chi connectivity index (χ1v) is 19.1. The molecule has 0 amide bonds. The standard InChI is InChI=1S/C46H36Br2O8/c1-25-11-7-9-13-31(25)37-19-27(17-35(55-37)29-21-39(51-3)43(47)40(22-29)52-4)15-33-45(49)34(46(33)50)16-28-18-36(30-23-41(53-5)44(48)42(24-30)54-6)56-38(20-28)32-14-10-8-12-26(32)2/h7-24H,1-6H3. The highest BCUT2D eigenvalue weighted by Gasteiger charge is 2.29. The van der Waals surface area contributed by atoms with Crippen molar-refractivity contribution in [2.24, 2.45) is 0 Å². The number of aryl methyl sites for hydroxylation is 2. The molecule has 0 bridgehead atoms. The van der Waals surface area contributed by atoms with Crippen LogP contribution in [0.2, 0.25) is 0 Å². The Labute approximate surface area is 341 Å². The molecule has 8 nitrogen and oxygen atoms in total. The first-order chi connectivity index (χ1) is 27.0. The molecule has 1 aromatic heterocycles. The Morgan fingerprint density at radius 1 is 0.643 bits per heavy atom. The van der Waals surface area contributed by atoms with Gasteiger partial charge in [0.15, 0.2) is 5.78 Å². The number of carbonyl (C=O) groups excluding carboxylic acids is 1. The summed E-state index contributed by atoms with van der Waals surface area (Å²) in [6.45, 7) is 3.99. The quantitative estimate of drug-likeness (QED) is 0.101. The number of methoxy groups -OCH3 is 4. The van der Waals surface area contributed by atoms with Gasteiger partial charge in [-0.3, -0.25) is 4.79 Å². The van der Waals surface area contributed by atoms with Crippen molar-refractivity contribution in [1.82, 2.24) is 0 Å². The van der Waals surface area contributed by atoms with Crippen LogP contribution < -0.4 is 24.1 Å². The SMILES string of the molecule is COc1cc(C2=CC(=CC3=C([O-])C(=Cc4cc(-c5cc(OC)c(Br)c(OC)c5)[o+]c(-c5ccccc5C)c4)C3=O)C=C(c3ccccc3C)O2)cc(OC)c1Br. The third-order valence-electron chi connectivity index (χ3n) is 9.51. The minimum absolute atomic E-state index is 0.0671. The summed E-state index contributed by atoms with van der Waals surface area (Å²) in [5.74, 6) is 3.58. The lowest BCUT2D eigenvalue weighted by molar-refractivity contribution is -0.300. The summed E-state index contributed by atoms with van der Waals surface area (Å²) >= 11 is 7.07. The number of benzene rings is 4. The first-order valence-electron chi connectivity index (χ1n) is 17.5. The van der Waals surface area contributed by atoms with E-state index >= 15 is 0 Å². The Kier molecular flexibility index (Phi) is 11.0. The Morgan fingerprint density at radius 3 is 1.68 bits per heavy atom. The zero-order valence-corrected chi connectivity index (χ0v) is 34.6. The number of allylic oxidation sites excluding steroid dienone is 6. The molecule has 5 aromatic rings. The van der Waals surface area contributed by atoms with E-state index in [0.717, 1.165) is 22.3 Å². The van der Waals surface area contributed by atoms with Crippen molar-refractivity contribution in [1.29, 1.82) is 0 Å². The molecule has 0 spiro atoms. The van der Waals surface area contributed by atoms with Gasteiger partial charge in [-0.1, -0.05) is 48.2 Å². The van der Waals surface area contributed by atoms with Crippen molar-refractivity contribution in [3.63, 3.8) is 0 Å². The molecule has 7 rings (SSSR count). The van der Waals surface area contributed by atoms with E-state index in [4.69, 9.17) is 28.1 Å². The third kappa shape index (κ3) is 7.42. The fourth-order valence-electron chi connectivity index (χ4n) is 6.51. The maximum Gasteiger partial charge on any atom is 0.361 e. The first kappa shape index (κ1) is 38.4. The Bertz CT molecular complexity index is 2530. The summed E-state index contributed by atoms with van der Waals surface area (Å²) in [5, 5.41) is 13.8. The highest BCUT2D eigenvalue weighted by molar-refractivity contribution is 9.11. The highest BCUT2D eigenvalue weighted by atomic mass is 79.9. The van der Waals surface area contributed by atoms with Crippen LogP contribution in [0.3, 0.4) is 0 Å². The van der Waals surface area contributed by atoms with Crippen LogP contribution in [0.15, 0.2) is 139 Å². The van der Waals surface area contributed by atoms with E-state index in [9.17, 15) is 9.90 Å². The lowest BCUT2D eigenvalue weighted by Crippen LogP contribution is -2.29. The van der Waals surface area contributed by atoms with Gasteiger partial charge in [0.2, 0.25) is 0 Å². The summed E-state index contributed by atoms with van der Waals surface area (Å²) in [7, 11) is 6.29. The van der Waals surface area contributed by atoms with E-state index < -0.39 is 0 Å². The van der Waals surface area contributed by atoms with Gasteiger partial charge in [-0.25, -0.2) is 4.42 Å². The molecule has 0 atom stereocenters. The summed E-state index contributed by atoms with van der Waals surface area (Å²) < 4.78 is 36.6. The number of Topliss-reactive ketones (excluding diaryl/α,β-unsaturated/α-hetero) is 1. The van der Waals surface area contributed by atoms with Gasteiger partial charge < -0.3 is 28.8 Å². The number of ether oxygens (including phenoxy) is 5. The van der Waals surface area contributed by atoms with Gasteiger partial charge in [-0.15, -0.1) is 0 Å². The lowest BCUT2D eigenvalue weighted by Gasteiger charge is -2.29. The maximum atomic E-state index is 13.8. The number of hydrogen-bond donors (Lipinski definition) is 0. The Balaban J connectivity index is 1.33. The smallest absolute Gasteiger partial charge is 0.361 e. The molecule has 4 aromatic carbocycles. The van der Waals surface area contributed by atoms with Crippen LogP contribution in [0.1, 0.15) is 27.8 Å².